The fraction of sp³-hybridized carbons (Fsp3) is 0.286. The summed E-state index contributed by atoms with van der Waals surface area (Å²) in [5, 5.41) is 4.97. The SMILES string of the molecule is O=C(Nc1nc(C2CC2)cs1)c1ccc(S(=O)(=O)C(F)F)cc1. The van der Waals surface area contributed by atoms with Gasteiger partial charge in [0.05, 0.1) is 10.6 Å². The number of hydrogen-bond acceptors (Lipinski definition) is 5. The van der Waals surface area contributed by atoms with Crippen LogP contribution in [0.4, 0.5) is 13.9 Å². The lowest BCUT2D eigenvalue weighted by Gasteiger charge is -2.05. The molecule has 0 atom stereocenters. The Morgan fingerprint density at radius 2 is 1.91 bits per heavy atom. The normalized spacial score (nSPS) is 14.9. The predicted molar refractivity (Wildman–Crippen MR) is 81.7 cm³/mol. The molecule has 0 saturated heterocycles. The molecular weight excluding hydrogens is 346 g/mol. The smallest absolute Gasteiger partial charge is 0.298 e. The maximum atomic E-state index is 12.4. The summed E-state index contributed by atoms with van der Waals surface area (Å²) in [6.07, 6.45) is 2.22. The number of anilines is 1. The zero-order valence-electron chi connectivity index (χ0n) is 11.7. The fourth-order valence-corrected chi connectivity index (χ4v) is 3.49. The van der Waals surface area contributed by atoms with Crippen LogP contribution >= 0.6 is 11.3 Å². The van der Waals surface area contributed by atoms with Gasteiger partial charge in [0.1, 0.15) is 0 Å². The Hall–Kier alpha value is -1.87. The van der Waals surface area contributed by atoms with E-state index in [1.807, 2.05) is 5.38 Å². The molecule has 1 aromatic carbocycles. The van der Waals surface area contributed by atoms with Crippen LogP contribution in [-0.4, -0.2) is 25.1 Å². The van der Waals surface area contributed by atoms with E-state index < -0.39 is 26.4 Å². The molecule has 1 heterocycles. The first-order valence-electron chi connectivity index (χ1n) is 6.77. The van der Waals surface area contributed by atoms with Crippen molar-refractivity contribution < 1.29 is 22.0 Å². The number of benzene rings is 1. The number of alkyl halides is 2. The van der Waals surface area contributed by atoms with Gasteiger partial charge in [0.15, 0.2) is 5.13 Å². The van der Waals surface area contributed by atoms with Crippen molar-refractivity contribution in [1.29, 1.82) is 0 Å². The fourth-order valence-electron chi connectivity index (χ4n) is 1.98. The number of nitrogens with one attached hydrogen (secondary N) is 1. The number of thiazole rings is 1. The first kappa shape index (κ1) is 16.0. The van der Waals surface area contributed by atoms with Gasteiger partial charge in [-0.25, -0.2) is 13.4 Å². The second-order valence-electron chi connectivity index (χ2n) is 5.14. The molecule has 0 aliphatic heterocycles. The molecule has 1 fully saturated rings. The van der Waals surface area contributed by atoms with E-state index in [1.54, 1.807) is 0 Å². The summed E-state index contributed by atoms with van der Waals surface area (Å²) in [6.45, 7) is 0. The number of nitrogens with zero attached hydrogens (tertiary/aromatic N) is 1. The summed E-state index contributed by atoms with van der Waals surface area (Å²) in [7, 11) is -4.65. The largest absolute Gasteiger partial charge is 0.341 e. The summed E-state index contributed by atoms with van der Waals surface area (Å²) in [6, 6.07) is 4.38. The summed E-state index contributed by atoms with van der Waals surface area (Å²) in [4.78, 5) is 15.9. The van der Waals surface area contributed by atoms with Gasteiger partial charge in [-0.2, -0.15) is 8.78 Å². The molecule has 0 radical (unpaired) electrons. The second-order valence-corrected chi connectivity index (χ2v) is 7.91. The average Bonchev–Trinajstić information content (AvgIpc) is 3.27. The summed E-state index contributed by atoms with van der Waals surface area (Å²) in [5.41, 5.74) is 1.13. The molecule has 5 nitrogen and oxygen atoms in total. The second kappa shape index (κ2) is 5.97. The maximum Gasteiger partial charge on any atom is 0.341 e. The van der Waals surface area contributed by atoms with E-state index in [0.717, 1.165) is 30.7 Å². The molecule has 9 heteroatoms. The number of carbonyl (C=O) groups is 1. The highest BCUT2D eigenvalue weighted by molar-refractivity contribution is 7.91. The summed E-state index contributed by atoms with van der Waals surface area (Å²) in [5.74, 6) is -3.48. The maximum absolute atomic E-state index is 12.4. The predicted octanol–water partition coefficient (Wildman–Crippen LogP) is 3.27. The number of hydrogen-bond donors (Lipinski definition) is 1. The van der Waals surface area contributed by atoms with Gasteiger partial charge < -0.3 is 0 Å². The minimum Gasteiger partial charge on any atom is -0.298 e. The van der Waals surface area contributed by atoms with Crippen LogP contribution in [0.2, 0.25) is 0 Å². The van der Waals surface area contributed by atoms with Crippen molar-refractivity contribution in [3.8, 4) is 0 Å². The van der Waals surface area contributed by atoms with Crippen LogP contribution in [0.3, 0.4) is 0 Å². The van der Waals surface area contributed by atoms with Gasteiger partial charge >= 0.3 is 5.76 Å². The van der Waals surface area contributed by atoms with Gasteiger partial charge in [-0.15, -0.1) is 11.3 Å². The minimum absolute atomic E-state index is 0.168. The highest BCUT2D eigenvalue weighted by Crippen LogP contribution is 2.40. The van der Waals surface area contributed by atoms with Crippen molar-refractivity contribution in [2.45, 2.75) is 29.4 Å². The van der Waals surface area contributed by atoms with E-state index in [-0.39, 0.29) is 5.56 Å². The molecule has 1 aliphatic carbocycles. The van der Waals surface area contributed by atoms with E-state index >= 15 is 0 Å². The molecule has 0 bridgehead atoms. The molecular formula is C14H12F2N2O3S2. The van der Waals surface area contributed by atoms with Gasteiger partial charge in [0, 0.05) is 16.9 Å². The van der Waals surface area contributed by atoms with E-state index in [0.29, 0.717) is 11.0 Å². The Balaban J connectivity index is 1.72. The van der Waals surface area contributed by atoms with Crippen LogP contribution < -0.4 is 5.32 Å². The molecule has 0 unspecified atom stereocenters. The zero-order chi connectivity index (χ0) is 16.6. The Morgan fingerprint density at radius 3 is 2.48 bits per heavy atom. The first-order chi connectivity index (χ1) is 10.9. The zero-order valence-corrected chi connectivity index (χ0v) is 13.3. The van der Waals surface area contributed by atoms with Gasteiger partial charge in [0.25, 0.3) is 5.91 Å². The molecule has 122 valence electrons. The van der Waals surface area contributed by atoms with E-state index in [1.165, 1.54) is 23.5 Å². The molecule has 0 spiro atoms. The third-order valence-electron chi connectivity index (χ3n) is 3.42. The highest BCUT2D eigenvalue weighted by atomic mass is 32.2. The summed E-state index contributed by atoms with van der Waals surface area (Å²) >= 11 is 1.31. The van der Waals surface area contributed by atoms with Crippen molar-refractivity contribution in [2.24, 2.45) is 0 Å². The quantitative estimate of drug-likeness (QED) is 0.890. The van der Waals surface area contributed by atoms with Crippen molar-refractivity contribution >= 4 is 32.2 Å². The van der Waals surface area contributed by atoms with Crippen LogP contribution in [0, 0.1) is 0 Å². The van der Waals surface area contributed by atoms with Crippen molar-refractivity contribution in [3.63, 3.8) is 0 Å². The number of carbonyl (C=O) groups excluding carboxylic acids is 1. The Kier molecular flexibility index (Phi) is 4.15. The van der Waals surface area contributed by atoms with Crippen molar-refractivity contribution in [2.75, 3.05) is 5.32 Å². The topological polar surface area (TPSA) is 76.1 Å². The molecule has 1 saturated carbocycles. The molecule has 1 N–H and O–H groups in total. The van der Waals surface area contributed by atoms with E-state index in [2.05, 4.69) is 10.3 Å². The highest BCUT2D eigenvalue weighted by Gasteiger charge is 2.27. The lowest BCUT2D eigenvalue weighted by atomic mass is 10.2. The minimum atomic E-state index is -4.65. The van der Waals surface area contributed by atoms with Crippen LogP contribution in [0.25, 0.3) is 0 Å². The molecule has 23 heavy (non-hydrogen) atoms. The number of amides is 1. The van der Waals surface area contributed by atoms with Gasteiger partial charge in [-0.05, 0) is 37.1 Å². The van der Waals surface area contributed by atoms with Gasteiger partial charge in [-0.1, -0.05) is 0 Å². The van der Waals surface area contributed by atoms with Crippen molar-refractivity contribution in [3.05, 3.63) is 40.9 Å². The first-order valence-corrected chi connectivity index (χ1v) is 9.19. The average molecular weight is 358 g/mol. The van der Waals surface area contributed by atoms with Gasteiger partial charge in [0.2, 0.25) is 9.84 Å². The number of sulfone groups is 1. The lowest BCUT2D eigenvalue weighted by molar-refractivity contribution is 0.102. The monoisotopic (exact) mass is 358 g/mol. The third kappa shape index (κ3) is 3.40. The van der Waals surface area contributed by atoms with Crippen LogP contribution in [0.15, 0.2) is 34.5 Å². The molecule has 1 aromatic heterocycles. The third-order valence-corrected chi connectivity index (χ3v) is 5.59. The molecule has 3 rings (SSSR count). The van der Waals surface area contributed by atoms with E-state index in [4.69, 9.17) is 0 Å². The number of halogens is 2. The van der Waals surface area contributed by atoms with E-state index in [9.17, 15) is 22.0 Å². The molecule has 1 amide bonds. The Bertz CT molecular complexity index is 828. The molecule has 2 aromatic rings. The Morgan fingerprint density at radius 1 is 1.26 bits per heavy atom. The van der Waals surface area contributed by atoms with Gasteiger partial charge in [-0.3, -0.25) is 10.1 Å². The molecule has 1 aliphatic rings. The summed E-state index contributed by atoms with van der Waals surface area (Å²) < 4.78 is 47.5. The van der Waals surface area contributed by atoms with Crippen LogP contribution in [-0.2, 0) is 9.84 Å². The van der Waals surface area contributed by atoms with Crippen LogP contribution in [0.1, 0.15) is 34.8 Å². The lowest BCUT2D eigenvalue weighted by Crippen LogP contribution is -2.14. The Labute approximate surface area is 135 Å². The standard InChI is InChI=1S/C14H12F2N2O3S2/c15-13(16)23(20,21)10-5-3-9(4-6-10)12(19)18-14-17-11(7-22-14)8-1-2-8/h3-8,13H,1-2H2,(H,17,18,19). The van der Waals surface area contributed by atoms with Crippen LogP contribution in [0.5, 0.6) is 0 Å². The number of rotatable bonds is 5. The number of aromatic nitrogens is 1. The van der Waals surface area contributed by atoms with Crippen molar-refractivity contribution in [1.82, 2.24) is 4.98 Å².